The fraction of sp³-hybridized carbons (Fsp3) is 0.381. The van der Waals surface area contributed by atoms with Crippen LogP contribution in [-0.2, 0) is 19.7 Å². The van der Waals surface area contributed by atoms with Gasteiger partial charge in [0.1, 0.15) is 0 Å². The number of nitrogens with one attached hydrogen (secondary N) is 2. The Bertz CT molecular complexity index is 808. The number of amides is 2. The van der Waals surface area contributed by atoms with E-state index in [4.69, 9.17) is 4.74 Å². The lowest BCUT2D eigenvalue weighted by molar-refractivity contribution is -0.141. The van der Waals surface area contributed by atoms with E-state index in [1.165, 1.54) is 18.4 Å². The van der Waals surface area contributed by atoms with Gasteiger partial charge >= 0.3 is 5.97 Å². The van der Waals surface area contributed by atoms with E-state index in [1.807, 2.05) is 29.6 Å². The topological polar surface area (TPSA) is 84.5 Å². The van der Waals surface area contributed by atoms with Crippen molar-refractivity contribution >= 4 is 29.1 Å². The van der Waals surface area contributed by atoms with E-state index in [2.05, 4.69) is 31.4 Å². The average Bonchev–Trinajstić information content (AvgIpc) is 3.19. The van der Waals surface area contributed by atoms with Gasteiger partial charge in [-0.2, -0.15) is 0 Å². The molecule has 0 bridgehead atoms. The first-order valence-corrected chi connectivity index (χ1v) is 9.87. The molecule has 1 heterocycles. The van der Waals surface area contributed by atoms with E-state index in [-0.39, 0.29) is 30.2 Å². The third kappa shape index (κ3) is 6.20. The minimum absolute atomic E-state index is 0.00529. The molecule has 0 saturated heterocycles. The average molecular weight is 403 g/mol. The van der Waals surface area contributed by atoms with Crippen molar-refractivity contribution < 1.29 is 19.1 Å². The third-order valence-corrected chi connectivity index (χ3v) is 5.23. The summed E-state index contributed by atoms with van der Waals surface area (Å²) in [6.45, 7) is 6.13. The van der Waals surface area contributed by atoms with Gasteiger partial charge in [-0.1, -0.05) is 39.0 Å². The van der Waals surface area contributed by atoms with Crippen molar-refractivity contribution in [1.82, 2.24) is 10.6 Å². The van der Waals surface area contributed by atoms with Crippen molar-refractivity contribution in [1.29, 1.82) is 0 Å². The molecule has 0 radical (unpaired) electrons. The summed E-state index contributed by atoms with van der Waals surface area (Å²) in [4.78, 5) is 37.0. The number of carbonyl (C=O) groups excluding carboxylic acids is 3. The predicted molar refractivity (Wildman–Crippen MR) is 109 cm³/mol. The van der Waals surface area contributed by atoms with Crippen LogP contribution in [0.5, 0.6) is 0 Å². The first-order chi connectivity index (χ1) is 13.2. The molecule has 1 aromatic carbocycles. The molecule has 0 aliphatic heterocycles. The van der Waals surface area contributed by atoms with Gasteiger partial charge in [0, 0.05) is 10.4 Å². The number of hydrogen-bond acceptors (Lipinski definition) is 5. The molecule has 6 nitrogen and oxygen atoms in total. The Morgan fingerprint density at radius 1 is 1.11 bits per heavy atom. The van der Waals surface area contributed by atoms with Crippen LogP contribution in [0.4, 0.5) is 0 Å². The highest BCUT2D eigenvalue weighted by Crippen LogP contribution is 2.23. The number of ether oxygens (including phenoxy) is 1. The van der Waals surface area contributed by atoms with Gasteiger partial charge in [-0.05, 0) is 34.6 Å². The first kappa shape index (κ1) is 21.6. The maximum absolute atomic E-state index is 12.3. The Balaban J connectivity index is 1.92. The van der Waals surface area contributed by atoms with Crippen molar-refractivity contribution in [2.24, 2.45) is 0 Å². The van der Waals surface area contributed by atoms with Crippen LogP contribution in [0.25, 0.3) is 0 Å². The van der Waals surface area contributed by atoms with Crippen LogP contribution in [0.1, 0.15) is 54.0 Å². The molecule has 150 valence electrons. The predicted octanol–water partition coefficient (Wildman–Crippen LogP) is 3.20. The Morgan fingerprint density at radius 3 is 2.32 bits per heavy atom. The molecule has 1 unspecified atom stereocenters. The molecule has 2 aromatic rings. The Morgan fingerprint density at radius 2 is 1.79 bits per heavy atom. The number of methoxy groups -OCH3 is 1. The fourth-order valence-electron chi connectivity index (χ4n) is 2.59. The van der Waals surface area contributed by atoms with Crippen LogP contribution >= 0.6 is 11.3 Å². The molecule has 28 heavy (non-hydrogen) atoms. The SMILES string of the molecule is COC(=O)CC(NC(=O)CNC(=O)c1ccc(C(C)(C)C)cc1)c1cccs1. The molecule has 2 amide bonds. The Labute approximate surface area is 169 Å². The summed E-state index contributed by atoms with van der Waals surface area (Å²) in [5, 5.41) is 7.26. The number of carbonyl (C=O) groups is 3. The fourth-order valence-corrected chi connectivity index (χ4v) is 3.37. The number of benzene rings is 1. The zero-order valence-corrected chi connectivity index (χ0v) is 17.4. The maximum atomic E-state index is 12.3. The molecule has 0 aliphatic carbocycles. The van der Waals surface area contributed by atoms with Crippen molar-refractivity contribution in [2.45, 2.75) is 38.6 Å². The van der Waals surface area contributed by atoms with E-state index < -0.39 is 12.0 Å². The van der Waals surface area contributed by atoms with Gasteiger partial charge in [-0.15, -0.1) is 11.3 Å². The maximum Gasteiger partial charge on any atom is 0.307 e. The normalized spacial score (nSPS) is 12.1. The number of hydrogen-bond donors (Lipinski definition) is 2. The smallest absolute Gasteiger partial charge is 0.307 e. The van der Waals surface area contributed by atoms with Crippen LogP contribution < -0.4 is 10.6 Å². The second-order valence-corrected chi connectivity index (χ2v) is 8.41. The number of rotatable bonds is 7. The largest absolute Gasteiger partial charge is 0.469 e. The lowest BCUT2D eigenvalue weighted by Gasteiger charge is -2.19. The lowest BCUT2D eigenvalue weighted by atomic mass is 9.87. The van der Waals surface area contributed by atoms with Gasteiger partial charge in [0.15, 0.2) is 0 Å². The highest BCUT2D eigenvalue weighted by Gasteiger charge is 2.20. The van der Waals surface area contributed by atoms with Gasteiger partial charge in [0.2, 0.25) is 5.91 Å². The monoisotopic (exact) mass is 402 g/mol. The first-order valence-electron chi connectivity index (χ1n) is 8.99. The summed E-state index contributed by atoms with van der Waals surface area (Å²) in [6, 6.07) is 10.5. The van der Waals surface area contributed by atoms with E-state index >= 15 is 0 Å². The summed E-state index contributed by atoms with van der Waals surface area (Å²) in [5.74, 6) is -1.11. The minimum Gasteiger partial charge on any atom is -0.469 e. The van der Waals surface area contributed by atoms with Gasteiger partial charge < -0.3 is 15.4 Å². The molecular weight excluding hydrogens is 376 g/mol. The van der Waals surface area contributed by atoms with Gasteiger partial charge in [-0.25, -0.2) is 0 Å². The van der Waals surface area contributed by atoms with Crippen molar-refractivity contribution in [2.75, 3.05) is 13.7 Å². The van der Waals surface area contributed by atoms with Crippen LogP contribution in [0.15, 0.2) is 41.8 Å². The standard InChI is InChI=1S/C21H26N2O4S/c1-21(2,3)15-9-7-14(8-10-15)20(26)22-13-18(24)23-16(12-19(25)27-4)17-6-5-11-28-17/h5-11,16H,12-13H2,1-4H3,(H,22,26)(H,23,24). The molecular formula is C21H26N2O4S. The quantitative estimate of drug-likeness (QED) is 0.697. The zero-order chi connectivity index (χ0) is 20.7. The van der Waals surface area contributed by atoms with E-state index in [1.54, 1.807) is 12.1 Å². The van der Waals surface area contributed by atoms with Crippen LogP contribution in [0.2, 0.25) is 0 Å². The van der Waals surface area contributed by atoms with E-state index in [0.29, 0.717) is 5.56 Å². The van der Waals surface area contributed by atoms with Gasteiger partial charge in [-0.3, -0.25) is 14.4 Å². The Hall–Kier alpha value is -2.67. The van der Waals surface area contributed by atoms with Crippen molar-refractivity contribution in [3.63, 3.8) is 0 Å². The molecule has 0 aliphatic rings. The lowest BCUT2D eigenvalue weighted by Crippen LogP contribution is -2.39. The van der Waals surface area contributed by atoms with Gasteiger partial charge in [0.05, 0.1) is 26.1 Å². The molecule has 2 rings (SSSR count). The van der Waals surface area contributed by atoms with Crippen molar-refractivity contribution in [3.8, 4) is 0 Å². The molecule has 1 atom stereocenters. The molecule has 7 heteroatoms. The summed E-state index contributed by atoms with van der Waals surface area (Å²) in [7, 11) is 1.31. The zero-order valence-electron chi connectivity index (χ0n) is 16.6. The molecule has 0 spiro atoms. The third-order valence-electron chi connectivity index (χ3n) is 4.24. The minimum atomic E-state index is -0.483. The summed E-state index contributed by atoms with van der Waals surface area (Å²) in [5.41, 5.74) is 1.62. The second kappa shape index (κ2) is 9.50. The van der Waals surface area contributed by atoms with E-state index in [9.17, 15) is 14.4 Å². The number of thiophene rings is 1. The molecule has 1 aromatic heterocycles. The number of esters is 1. The summed E-state index contributed by atoms with van der Waals surface area (Å²) in [6.07, 6.45) is 0.0327. The van der Waals surface area contributed by atoms with Crippen LogP contribution in [0.3, 0.4) is 0 Å². The molecule has 2 N–H and O–H groups in total. The Kier molecular flexibility index (Phi) is 7.34. The molecule has 0 saturated carbocycles. The second-order valence-electron chi connectivity index (χ2n) is 7.43. The van der Waals surface area contributed by atoms with E-state index in [0.717, 1.165) is 10.4 Å². The molecule has 0 fully saturated rings. The highest BCUT2D eigenvalue weighted by molar-refractivity contribution is 7.10. The summed E-state index contributed by atoms with van der Waals surface area (Å²) >= 11 is 1.44. The van der Waals surface area contributed by atoms with Crippen molar-refractivity contribution in [3.05, 3.63) is 57.8 Å². The van der Waals surface area contributed by atoms with Gasteiger partial charge in [0.25, 0.3) is 5.91 Å². The summed E-state index contributed by atoms with van der Waals surface area (Å²) < 4.78 is 4.69. The van der Waals surface area contributed by atoms with Crippen LogP contribution in [-0.4, -0.2) is 31.4 Å². The van der Waals surface area contributed by atoms with Crippen LogP contribution in [0, 0.1) is 0 Å². The highest BCUT2D eigenvalue weighted by atomic mass is 32.1.